The van der Waals surface area contributed by atoms with Gasteiger partial charge < -0.3 is 43.4 Å². The first kappa shape index (κ1) is 33.3. The second kappa shape index (κ2) is 20.7. The Labute approximate surface area is 202 Å². The third-order valence-electron chi connectivity index (χ3n) is 3.48. The summed E-state index contributed by atoms with van der Waals surface area (Å²) in [4.78, 5) is 41.4. The van der Waals surface area contributed by atoms with Gasteiger partial charge in [0.2, 0.25) is 0 Å². The predicted octanol–water partition coefficient (Wildman–Crippen LogP) is -0.0564. The Morgan fingerprint density at radius 2 is 0.625 bits per heavy atom. The van der Waals surface area contributed by atoms with Crippen LogP contribution in [0, 0.1) is 0 Å². The maximum atomic E-state index is 10.4. The van der Waals surface area contributed by atoms with E-state index in [1.54, 1.807) is 0 Å². The van der Waals surface area contributed by atoms with Crippen LogP contribution in [0.2, 0.25) is 0 Å². The van der Waals surface area contributed by atoms with Crippen LogP contribution in [0.4, 0.5) is 0 Å². The van der Waals surface area contributed by atoms with Gasteiger partial charge in [0, 0.05) is 23.0 Å². The molecule has 0 aliphatic heterocycles. The lowest BCUT2D eigenvalue weighted by Crippen LogP contribution is -2.30. The van der Waals surface area contributed by atoms with E-state index in [9.17, 15) is 19.2 Å². The van der Waals surface area contributed by atoms with Gasteiger partial charge in [-0.15, -0.1) is 0 Å². The predicted molar refractivity (Wildman–Crippen MR) is 131 cm³/mol. The summed E-state index contributed by atoms with van der Waals surface area (Å²) in [6.07, 6.45) is 1.60. The van der Waals surface area contributed by atoms with Gasteiger partial charge in [0.05, 0.1) is 0 Å². The van der Waals surface area contributed by atoms with E-state index in [-0.39, 0.29) is 0 Å². The van der Waals surface area contributed by atoms with Crippen LogP contribution in [0.25, 0.3) is 0 Å². The molecule has 0 aromatic rings. The zero-order chi connectivity index (χ0) is 25.1. The highest BCUT2D eigenvalue weighted by Gasteiger charge is 2.13. The van der Waals surface area contributed by atoms with E-state index >= 15 is 0 Å². The average molecular weight is 537 g/mol. The lowest BCUT2D eigenvalue weighted by Gasteiger charge is -2.06. The summed E-state index contributed by atoms with van der Waals surface area (Å²) in [6, 6.07) is -3.30. The quantitative estimate of drug-likeness (QED) is 0.0843. The van der Waals surface area contributed by atoms with Crippen molar-refractivity contribution >= 4 is 67.1 Å². The molecule has 0 radical (unpaired) electrons. The molecule has 0 saturated heterocycles. The van der Waals surface area contributed by atoms with Gasteiger partial charge in [0.25, 0.3) is 0 Å². The van der Waals surface area contributed by atoms with Crippen LogP contribution in [-0.4, -0.2) is 91.5 Å². The number of nitrogens with two attached hydrogens (primary N) is 4. The van der Waals surface area contributed by atoms with Crippen molar-refractivity contribution in [3.63, 3.8) is 0 Å². The normalized spacial score (nSPS) is 14.4. The Balaban J connectivity index is 0. The molecule has 0 saturated carbocycles. The summed E-state index contributed by atoms with van der Waals surface area (Å²) in [6.45, 7) is 0. The lowest BCUT2D eigenvalue weighted by molar-refractivity contribution is -0.139. The van der Waals surface area contributed by atoms with E-state index in [0.29, 0.717) is 48.7 Å². The molecule has 0 heterocycles. The van der Waals surface area contributed by atoms with E-state index in [1.807, 2.05) is 0 Å². The molecule has 0 rings (SSSR count). The summed E-state index contributed by atoms with van der Waals surface area (Å²) in [7, 11) is 5.91. The molecular weight excluding hydrogens is 504 g/mol. The average Bonchev–Trinajstić information content (AvgIpc) is 2.72. The molecule has 0 spiro atoms. The van der Waals surface area contributed by atoms with Crippen LogP contribution in [0.15, 0.2) is 0 Å². The van der Waals surface area contributed by atoms with Crippen molar-refractivity contribution < 1.29 is 39.6 Å². The number of hydrogen-bond donors (Lipinski definition) is 8. The highest BCUT2D eigenvalue weighted by Crippen LogP contribution is 2.24. The topological polar surface area (TPSA) is 253 Å². The Bertz CT molecular complexity index is 480. The van der Waals surface area contributed by atoms with E-state index in [0.717, 1.165) is 0 Å². The number of hydrogen-bond acceptors (Lipinski definition) is 12. The van der Waals surface area contributed by atoms with Crippen LogP contribution < -0.4 is 22.9 Å². The third-order valence-corrected chi connectivity index (χ3v) is 8.43. The van der Waals surface area contributed by atoms with Crippen molar-refractivity contribution in [1.82, 2.24) is 0 Å². The molecular formula is C16H32N4O8S4. The second-order valence-electron chi connectivity index (χ2n) is 6.22. The molecule has 0 aliphatic carbocycles. The summed E-state index contributed by atoms with van der Waals surface area (Å²) in [5.41, 5.74) is 21.2. The minimum Gasteiger partial charge on any atom is -0.480 e. The molecule has 0 aromatic carbocycles. The van der Waals surface area contributed by atoms with E-state index in [2.05, 4.69) is 0 Å². The molecule has 0 amide bonds. The number of carbonyl (C=O) groups is 4. The van der Waals surface area contributed by atoms with E-state index in [4.69, 9.17) is 43.4 Å². The molecule has 4 atom stereocenters. The maximum absolute atomic E-state index is 10.4. The number of rotatable bonds is 18. The van der Waals surface area contributed by atoms with Crippen LogP contribution in [0.3, 0.4) is 0 Å². The van der Waals surface area contributed by atoms with E-state index < -0.39 is 48.0 Å². The Morgan fingerprint density at radius 3 is 0.750 bits per heavy atom. The first-order valence-corrected chi connectivity index (χ1v) is 14.3. The highest BCUT2D eigenvalue weighted by atomic mass is 33.1. The van der Waals surface area contributed by atoms with Gasteiger partial charge in [-0.1, -0.05) is 43.2 Å². The van der Waals surface area contributed by atoms with Gasteiger partial charge in [0.15, 0.2) is 0 Å². The molecule has 0 aliphatic rings. The number of aliphatic carboxylic acids is 4. The van der Waals surface area contributed by atoms with Crippen molar-refractivity contribution in [2.24, 2.45) is 22.9 Å². The molecule has 32 heavy (non-hydrogen) atoms. The minimum absolute atomic E-state index is 0.401. The summed E-state index contributed by atoms with van der Waals surface area (Å²) >= 11 is 0. The smallest absolute Gasteiger partial charge is 0.320 e. The Morgan fingerprint density at radius 1 is 0.469 bits per heavy atom. The summed E-state index contributed by atoms with van der Waals surface area (Å²) in [5.74, 6) is -1.50. The first-order valence-electron chi connectivity index (χ1n) is 9.32. The van der Waals surface area contributed by atoms with Gasteiger partial charge in [0.1, 0.15) is 24.2 Å². The largest absolute Gasteiger partial charge is 0.480 e. The first-order chi connectivity index (χ1) is 14.9. The van der Waals surface area contributed by atoms with Crippen LogP contribution in [0.1, 0.15) is 25.7 Å². The van der Waals surface area contributed by atoms with Crippen LogP contribution >= 0.6 is 43.2 Å². The van der Waals surface area contributed by atoms with Crippen molar-refractivity contribution in [3.8, 4) is 0 Å². The summed E-state index contributed by atoms with van der Waals surface area (Å²) < 4.78 is 0. The fraction of sp³-hybridized carbons (Fsp3) is 0.750. The molecule has 16 heteroatoms. The molecule has 12 nitrogen and oxygen atoms in total. The van der Waals surface area contributed by atoms with Gasteiger partial charge in [-0.05, 0) is 25.7 Å². The van der Waals surface area contributed by atoms with Gasteiger partial charge >= 0.3 is 23.9 Å². The fourth-order valence-electron chi connectivity index (χ4n) is 1.43. The highest BCUT2D eigenvalue weighted by molar-refractivity contribution is 8.77. The van der Waals surface area contributed by atoms with Crippen molar-refractivity contribution in [2.75, 3.05) is 23.0 Å². The summed E-state index contributed by atoms with van der Waals surface area (Å²) in [5, 5.41) is 34.0. The Kier molecular flexibility index (Phi) is 21.5. The molecule has 0 aromatic heterocycles. The number of carboxylic acids is 4. The third kappa shape index (κ3) is 21.0. The zero-order valence-corrected chi connectivity index (χ0v) is 20.6. The standard InChI is InChI=1S/2C8H16N2O4S2/c2*9-5(7(11)12)1-3-15-16-4-2-6(10)8(13)14/h2*5-6H,1-4,9-10H2,(H,11,12)(H,13,14)/t2*5-,6-/m10/s1. The zero-order valence-electron chi connectivity index (χ0n) is 17.3. The van der Waals surface area contributed by atoms with Crippen LogP contribution in [0.5, 0.6) is 0 Å². The molecule has 12 N–H and O–H groups in total. The maximum Gasteiger partial charge on any atom is 0.320 e. The fourth-order valence-corrected chi connectivity index (χ4v) is 5.87. The second-order valence-corrected chi connectivity index (χ2v) is 11.6. The van der Waals surface area contributed by atoms with Crippen molar-refractivity contribution in [3.05, 3.63) is 0 Å². The molecule has 0 bridgehead atoms. The van der Waals surface area contributed by atoms with Crippen molar-refractivity contribution in [1.29, 1.82) is 0 Å². The minimum atomic E-state index is -1.00. The van der Waals surface area contributed by atoms with Crippen LogP contribution in [-0.2, 0) is 19.2 Å². The molecule has 0 fully saturated rings. The molecule has 0 unspecified atom stereocenters. The Hall–Kier alpha value is -0.880. The van der Waals surface area contributed by atoms with Crippen molar-refractivity contribution in [2.45, 2.75) is 49.9 Å². The van der Waals surface area contributed by atoms with E-state index in [1.165, 1.54) is 43.2 Å². The monoisotopic (exact) mass is 536 g/mol. The van der Waals surface area contributed by atoms with Gasteiger partial charge in [-0.2, -0.15) is 0 Å². The molecule has 188 valence electrons. The lowest BCUT2D eigenvalue weighted by atomic mass is 10.2. The number of carboxylic acid groups (broad SMARTS) is 4. The van der Waals surface area contributed by atoms with Gasteiger partial charge in [-0.3, -0.25) is 19.2 Å². The van der Waals surface area contributed by atoms with Gasteiger partial charge in [-0.25, -0.2) is 0 Å². The SMILES string of the molecule is N[C@@H](CCSSCC[C@H](N)C(=O)O)C(=O)O.N[C@H](CCSSCC[C@@H](N)C(=O)O)C(=O)O.